The number of aliphatic hydroxyl groups is 1. The second-order valence-electron chi connectivity index (χ2n) is 3.23. The summed E-state index contributed by atoms with van der Waals surface area (Å²) in [6.45, 7) is -0.0553. The molecule has 1 aromatic carbocycles. The highest BCUT2D eigenvalue weighted by atomic mass is 35.5. The molecule has 0 unspecified atom stereocenters. The fraction of sp³-hybridized carbons (Fsp3) is 0.0909. The molecular formula is C11H8Cl2N2O2. The first-order valence-corrected chi connectivity index (χ1v) is 5.51. The molecule has 0 aliphatic rings. The van der Waals surface area contributed by atoms with Gasteiger partial charge in [-0.05, 0) is 17.7 Å². The first-order valence-electron chi connectivity index (χ1n) is 4.75. The van der Waals surface area contributed by atoms with Crippen LogP contribution in [0.25, 0.3) is 0 Å². The van der Waals surface area contributed by atoms with Crippen molar-refractivity contribution < 1.29 is 9.84 Å². The summed E-state index contributed by atoms with van der Waals surface area (Å²) in [7, 11) is 0. The van der Waals surface area contributed by atoms with Crippen LogP contribution in [0.1, 0.15) is 5.56 Å². The molecule has 0 saturated carbocycles. The molecule has 2 aromatic rings. The maximum Gasteiger partial charge on any atom is 0.194 e. The molecule has 0 atom stereocenters. The summed E-state index contributed by atoms with van der Waals surface area (Å²) in [5.41, 5.74) is 0.742. The van der Waals surface area contributed by atoms with E-state index in [-0.39, 0.29) is 16.9 Å². The highest BCUT2D eigenvalue weighted by molar-refractivity contribution is 6.32. The summed E-state index contributed by atoms with van der Waals surface area (Å²) >= 11 is 11.5. The highest BCUT2D eigenvalue weighted by Crippen LogP contribution is 2.29. The number of aliphatic hydroxyl groups excluding tert-OH is 1. The van der Waals surface area contributed by atoms with Crippen LogP contribution in [-0.4, -0.2) is 15.3 Å². The number of halogens is 2. The largest absolute Gasteiger partial charge is 0.454 e. The summed E-state index contributed by atoms with van der Waals surface area (Å²) in [5, 5.41) is 16.5. The van der Waals surface area contributed by atoms with Crippen LogP contribution in [-0.2, 0) is 6.61 Å². The molecular weight excluding hydrogens is 263 g/mol. The maximum atomic E-state index is 9.00. The number of hydrogen-bond donors (Lipinski definition) is 1. The fourth-order valence-electron chi connectivity index (χ4n) is 1.24. The third-order valence-electron chi connectivity index (χ3n) is 2.00. The molecule has 1 aromatic heterocycles. The van der Waals surface area contributed by atoms with Crippen molar-refractivity contribution in [3.63, 3.8) is 0 Å². The average molecular weight is 271 g/mol. The van der Waals surface area contributed by atoms with Crippen molar-refractivity contribution >= 4 is 23.2 Å². The van der Waals surface area contributed by atoms with Gasteiger partial charge in [0.1, 0.15) is 5.75 Å². The van der Waals surface area contributed by atoms with Gasteiger partial charge in [-0.3, -0.25) is 0 Å². The predicted octanol–water partition coefficient (Wildman–Crippen LogP) is 3.07. The second-order valence-corrected chi connectivity index (χ2v) is 3.97. The van der Waals surface area contributed by atoms with Crippen LogP contribution in [0.2, 0.25) is 10.3 Å². The Morgan fingerprint density at radius 2 is 2.00 bits per heavy atom. The molecule has 0 fully saturated rings. The Morgan fingerprint density at radius 1 is 1.18 bits per heavy atom. The number of nitrogens with zero attached hydrogens (tertiary/aromatic N) is 2. The Labute approximate surface area is 108 Å². The minimum atomic E-state index is -0.0553. The Balaban J connectivity index is 2.27. The van der Waals surface area contributed by atoms with E-state index < -0.39 is 0 Å². The lowest BCUT2D eigenvalue weighted by molar-refractivity contribution is 0.281. The van der Waals surface area contributed by atoms with Crippen LogP contribution in [0.3, 0.4) is 0 Å². The second kappa shape index (κ2) is 5.31. The van der Waals surface area contributed by atoms with Crippen molar-refractivity contribution in [2.75, 3.05) is 0 Å². The fourth-order valence-corrected chi connectivity index (χ4v) is 1.51. The zero-order chi connectivity index (χ0) is 12.3. The summed E-state index contributed by atoms with van der Waals surface area (Å²) in [6, 6.07) is 8.47. The van der Waals surface area contributed by atoms with Crippen LogP contribution < -0.4 is 4.74 Å². The van der Waals surface area contributed by atoms with Crippen molar-refractivity contribution in [2.24, 2.45) is 0 Å². The molecule has 0 aliphatic heterocycles. The van der Waals surface area contributed by atoms with Gasteiger partial charge in [-0.2, -0.15) is 0 Å². The van der Waals surface area contributed by atoms with Crippen LogP contribution in [0, 0.1) is 0 Å². The van der Waals surface area contributed by atoms with Gasteiger partial charge in [0.25, 0.3) is 0 Å². The minimum Gasteiger partial charge on any atom is -0.454 e. The summed E-state index contributed by atoms with van der Waals surface area (Å²) < 4.78 is 5.50. The van der Waals surface area contributed by atoms with Gasteiger partial charge >= 0.3 is 0 Å². The molecule has 0 aliphatic carbocycles. The number of rotatable bonds is 3. The monoisotopic (exact) mass is 270 g/mol. The first kappa shape index (κ1) is 12.1. The number of hydrogen-bond acceptors (Lipinski definition) is 4. The average Bonchev–Trinajstić information content (AvgIpc) is 2.34. The van der Waals surface area contributed by atoms with Crippen LogP contribution in [0.4, 0.5) is 0 Å². The van der Waals surface area contributed by atoms with E-state index in [0.29, 0.717) is 11.5 Å². The van der Waals surface area contributed by atoms with E-state index in [9.17, 15) is 0 Å². The van der Waals surface area contributed by atoms with Gasteiger partial charge in [-0.25, -0.2) is 0 Å². The molecule has 4 nitrogen and oxygen atoms in total. The molecule has 0 radical (unpaired) electrons. The Bertz CT molecular complexity index is 535. The smallest absolute Gasteiger partial charge is 0.194 e. The van der Waals surface area contributed by atoms with Gasteiger partial charge in [-0.1, -0.05) is 35.3 Å². The van der Waals surface area contributed by atoms with Gasteiger partial charge in [0, 0.05) is 6.07 Å². The molecule has 0 amide bonds. The van der Waals surface area contributed by atoms with E-state index in [0.717, 1.165) is 5.56 Å². The zero-order valence-corrected chi connectivity index (χ0v) is 10.1. The lowest BCUT2D eigenvalue weighted by Gasteiger charge is -2.07. The molecule has 0 saturated heterocycles. The Kier molecular flexibility index (Phi) is 3.78. The van der Waals surface area contributed by atoms with Crippen LogP contribution in [0.15, 0.2) is 30.3 Å². The van der Waals surface area contributed by atoms with Gasteiger partial charge < -0.3 is 9.84 Å². The molecule has 88 valence electrons. The van der Waals surface area contributed by atoms with E-state index in [4.69, 9.17) is 33.0 Å². The van der Waals surface area contributed by atoms with Crippen LogP contribution >= 0.6 is 23.2 Å². The van der Waals surface area contributed by atoms with Crippen LogP contribution in [0.5, 0.6) is 11.5 Å². The van der Waals surface area contributed by atoms with E-state index in [1.54, 1.807) is 24.3 Å². The Morgan fingerprint density at radius 3 is 2.76 bits per heavy atom. The zero-order valence-electron chi connectivity index (χ0n) is 8.60. The quantitative estimate of drug-likeness (QED) is 0.932. The third kappa shape index (κ3) is 3.06. The van der Waals surface area contributed by atoms with E-state index in [2.05, 4.69) is 10.2 Å². The minimum absolute atomic E-state index is 0.0553. The number of ether oxygens (including phenoxy) is 1. The van der Waals surface area contributed by atoms with Gasteiger partial charge in [0.2, 0.25) is 0 Å². The molecule has 1 heterocycles. The number of benzene rings is 1. The lowest BCUT2D eigenvalue weighted by atomic mass is 10.2. The summed E-state index contributed by atoms with van der Waals surface area (Å²) in [5.74, 6) is 0.865. The Hall–Kier alpha value is -1.36. The van der Waals surface area contributed by atoms with Gasteiger partial charge in [-0.15, -0.1) is 10.2 Å². The predicted molar refractivity (Wildman–Crippen MR) is 64.5 cm³/mol. The SMILES string of the molecule is OCc1cccc(Oc2cc(Cl)nnc2Cl)c1. The van der Waals surface area contributed by atoms with Crippen molar-refractivity contribution in [1.82, 2.24) is 10.2 Å². The van der Waals surface area contributed by atoms with E-state index >= 15 is 0 Å². The molecule has 0 spiro atoms. The van der Waals surface area contributed by atoms with Crippen molar-refractivity contribution in [3.05, 3.63) is 46.2 Å². The maximum absolute atomic E-state index is 9.00. The van der Waals surface area contributed by atoms with E-state index in [1.807, 2.05) is 0 Å². The molecule has 1 N–H and O–H groups in total. The van der Waals surface area contributed by atoms with Gasteiger partial charge in [0.05, 0.1) is 6.61 Å². The highest BCUT2D eigenvalue weighted by Gasteiger charge is 2.07. The molecule has 17 heavy (non-hydrogen) atoms. The topological polar surface area (TPSA) is 55.2 Å². The third-order valence-corrected chi connectivity index (χ3v) is 2.44. The van der Waals surface area contributed by atoms with Crippen molar-refractivity contribution in [2.45, 2.75) is 6.61 Å². The summed E-state index contributed by atoms with van der Waals surface area (Å²) in [6.07, 6.45) is 0. The van der Waals surface area contributed by atoms with Crippen molar-refractivity contribution in [1.29, 1.82) is 0 Å². The number of aromatic nitrogens is 2. The van der Waals surface area contributed by atoms with Crippen molar-refractivity contribution in [3.8, 4) is 11.5 Å². The molecule has 6 heteroatoms. The first-order chi connectivity index (χ1) is 8.19. The molecule has 0 bridgehead atoms. The normalized spacial score (nSPS) is 10.3. The lowest BCUT2D eigenvalue weighted by Crippen LogP contribution is -1.91. The molecule has 2 rings (SSSR count). The van der Waals surface area contributed by atoms with E-state index in [1.165, 1.54) is 6.07 Å². The standard InChI is InChI=1S/C11H8Cl2N2O2/c12-10-5-9(11(13)15-14-10)17-8-3-1-2-7(4-8)6-16/h1-5,16H,6H2. The van der Waals surface area contributed by atoms with Gasteiger partial charge in [0.15, 0.2) is 16.1 Å². The summed E-state index contributed by atoms with van der Waals surface area (Å²) in [4.78, 5) is 0.